The number of anilines is 1. The Kier molecular flexibility index (Phi) is 2.11. The highest BCUT2D eigenvalue weighted by Gasteiger charge is 2.03. The van der Waals surface area contributed by atoms with Crippen LogP contribution in [0, 0.1) is 0 Å². The van der Waals surface area contributed by atoms with Crippen LogP contribution in [0.3, 0.4) is 0 Å². The summed E-state index contributed by atoms with van der Waals surface area (Å²) in [5.74, 6) is 0. The lowest BCUT2D eigenvalue weighted by atomic mass is 10.3. The maximum atomic E-state index is 10.6. The molecule has 0 unspecified atom stereocenters. The first kappa shape index (κ1) is 7.60. The fourth-order valence-electron chi connectivity index (χ4n) is 0.779. The third-order valence-corrected chi connectivity index (χ3v) is 1.47. The van der Waals surface area contributed by atoms with Gasteiger partial charge in [0, 0.05) is 12.7 Å². The maximum absolute atomic E-state index is 10.6. The molecule has 0 aliphatic carbocycles. The summed E-state index contributed by atoms with van der Waals surface area (Å²) in [6.07, 6.45) is 0. The smallest absolute Gasteiger partial charge is 0.318 e. The Balaban J connectivity index is 2.85. The standard InChI is InChI=1S/C8H10N2O/c1-10(8(9)11)7-5-3-2-4-6-7/h2-6H,1H3,(H2,9,11)/i9-1. The summed E-state index contributed by atoms with van der Waals surface area (Å²) in [5, 5.41) is 0. The van der Waals surface area contributed by atoms with Crippen molar-refractivity contribution in [3.8, 4) is 0 Å². The predicted octanol–water partition coefficient (Wildman–Crippen LogP) is 1.20. The van der Waals surface area contributed by atoms with E-state index in [9.17, 15) is 4.79 Å². The molecule has 0 aromatic heterocycles. The number of nitrogens with zero attached hydrogens (tertiary/aromatic N) is 1. The van der Waals surface area contributed by atoms with Gasteiger partial charge in [0.05, 0.1) is 0 Å². The third kappa shape index (κ3) is 1.70. The molecule has 0 heterocycles. The fourth-order valence-corrected chi connectivity index (χ4v) is 0.779. The van der Waals surface area contributed by atoms with Crippen LogP contribution < -0.4 is 10.6 Å². The van der Waals surface area contributed by atoms with Crippen LogP contribution in [0.25, 0.3) is 0 Å². The van der Waals surface area contributed by atoms with Gasteiger partial charge in [-0.3, -0.25) is 4.90 Å². The van der Waals surface area contributed by atoms with Crippen LogP contribution in [0.1, 0.15) is 0 Å². The van der Waals surface area contributed by atoms with Gasteiger partial charge >= 0.3 is 6.03 Å². The molecule has 0 aliphatic rings. The van der Waals surface area contributed by atoms with Crippen molar-refractivity contribution in [1.29, 1.82) is 0 Å². The number of para-hydroxylation sites is 1. The molecule has 0 radical (unpaired) electrons. The minimum atomic E-state index is -0.448. The van der Waals surface area contributed by atoms with Gasteiger partial charge in [-0.05, 0) is 12.1 Å². The average Bonchev–Trinajstić information content (AvgIpc) is 2.05. The maximum Gasteiger partial charge on any atom is 0.318 e. The Morgan fingerprint density at radius 3 is 2.36 bits per heavy atom. The van der Waals surface area contributed by atoms with Gasteiger partial charge in [-0.15, -0.1) is 0 Å². The van der Waals surface area contributed by atoms with Crippen LogP contribution in [-0.2, 0) is 0 Å². The molecule has 0 spiro atoms. The molecule has 2 N–H and O–H groups in total. The number of urea groups is 1. The highest BCUT2D eigenvalue weighted by atomic mass is 16.2. The molecule has 3 nitrogen and oxygen atoms in total. The van der Waals surface area contributed by atoms with Crippen LogP contribution in [0.2, 0.25) is 0 Å². The van der Waals surface area contributed by atoms with E-state index in [1.165, 1.54) is 4.90 Å². The molecule has 0 atom stereocenters. The van der Waals surface area contributed by atoms with E-state index in [4.69, 9.17) is 5.73 Å². The summed E-state index contributed by atoms with van der Waals surface area (Å²) in [7, 11) is 1.64. The third-order valence-electron chi connectivity index (χ3n) is 1.47. The molecule has 1 rings (SSSR count). The highest BCUT2D eigenvalue weighted by molar-refractivity contribution is 5.89. The van der Waals surface area contributed by atoms with E-state index >= 15 is 0 Å². The monoisotopic (exact) mass is 149 g/mol. The second-order valence-electron chi connectivity index (χ2n) is 2.23. The number of rotatable bonds is 1. The van der Waals surface area contributed by atoms with Crippen molar-refractivity contribution in [1.82, 2.24) is 0 Å². The Hall–Kier alpha value is -1.51. The quantitative estimate of drug-likeness (QED) is 0.640. The Morgan fingerprint density at radius 1 is 1.36 bits per heavy atom. The molecule has 0 saturated carbocycles. The van der Waals surface area contributed by atoms with Gasteiger partial charge in [-0.2, -0.15) is 0 Å². The van der Waals surface area contributed by atoms with E-state index in [-0.39, 0.29) is 0 Å². The van der Waals surface area contributed by atoms with Gasteiger partial charge in [0.25, 0.3) is 0 Å². The Bertz CT molecular complexity index is 246. The number of amides is 2. The van der Waals surface area contributed by atoms with Crippen molar-refractivity contribution in [3.05, 3.63) is 30.3 Å². The predicted molar refractivity (Wildman–Crippen MR) is 44.4 cm³/mol. The van der Waals surface area contributed by atoms with E-state index in [2.05, 4.69) is 0 Å². The van der Waals surface area contributed by atoms with Gasteiger partial charge in [0.1, 0.15) is 0 Å². The number of hydrogen-bond acceptors (Lipinski definition) is 1. The van der Waals surface area contributed by atoms with Crippen molar-refractivity contribution in [3.63, 3.8) is 0 Å². The summed E-state index contributed by atoms with van der Waals surface area (Å²) < 4.78 is 0. The first-order valence-electron chi connectivity index (χ1n) is 3.30. The largest absolute Gasteiger partial charge is 0.351 e. The van der Waals surface area contributed by atoms with Crippen LogP contribution in [0.15, 0.2) is 30.3 Å². The zero-order valence-corrected chi connectivity index (χ0v) is 6.32. The lowest BCUT2D eigenvalue weighted by molar-refractivity contribution is 0.255. The number of hydrogen-bond donors (Lipinski definition) is 1. The van der Waals surface area contributed by atoms with Gasteiger partial charge in [-0.1, -0.05) is 18.2 Å². The molecule has 3 heteroatoms. The number of carbonyl (C=O) groups excluding carboxylic acids is 1. The molecule has 0 bridgehead atoms. The Morgan fingerprint density at radius 2 is 1.91 bits per heavy atom. The second kappa shape index (κ2) is 3.05. The molecule has 0 saturated heterocycles. The first-order chi connectivity index (χ1) is 5.22. The van der Waals surface area contributed by atoms with Crippen molar-refractivity contribution in [2.75, 3.05) is 11.9 Å². The lowest BCUT2D eigenvalue weighted by Crippen LogP contribution is -2.31. The van der Waals surface area contributed by atoms with E-state index in [0.29, 0.717) is 0 Å². The highest BCUT2D eigenvalue weighted by Crippen LogP contribution is 2.09. The molecule has 1 aromatic rings. The molecule has 2 amide bonds. The van der Waals surface area contributed by atoms with Crippen LogP contribution in [0.4, 0.5) is 10.5 Å². The normalized spacial score (nSPS) is 9.18. The molecule has 0 aliphatic heterocycles. The average molecular weight is 149 g/mol. The fraction of sp³-hybridized carbons (Fsp3) is 0.125. The molecule has 58 valence electrons. The SMILES string of the molecule is CN(C([13NH2])=O)c1ccccc1. The van der Waals surface area contributed by atoms with Crippen molar-refractivity contribution >= 4 is 11.7 Å². The number of carbonyl (C=O) groups is 1. The number of primary amides is 1. The van der Waals surface area contributed by atoms with Gasteiger partial charge < -0.3 is 5.73 Å². The Labute approximate surface area is 65.4 Å². The molecule has 1 aromatic carbocycles. The molecular formula is C8H10N2O. The van der Waals surface area contributed by atoms with E-state index < -0.39 is 6.03 Å². The zero-order valence-electron chi connectivity index (χ0n) is 6.32. The topological polar surface area (TPSA) is 46.3 Å². The van der Waals surface area contributed by atoms with E-state index in [0.717, 1.165) is 5.69 Å². The molecular weight excluding hydrogens is 139 g/mol. The van der Waals surface area contributed by atoms with Crippen molar-refractivity contribution < 1.29 is 4.79 Å². The summed E-state index contributed by atoms with van der Waals surface area (Å²) in [5.41, 5.74) is 5.86. The second-order valence-corrected chi connectivity index (χ2v) is 2.23. The van der Waals surface area contributed by atoms with Crippen LogP contribution in [0.5, 0.6) is 0 Å². The minimum Gasteiger partial charge on any atom is -0.351 e. The van der Waals surface area contributed by atoms with Gasteiger partial charge in [0.15, 0.2) is 0 Å². The molecule has 11 heavy (non-hydrogen) atoms. The van der Waals surface area contributed by atoms with Gasteiger partial charge in [-0.25, -0.2) is 4.79 Å². The number of nitrogens with two attached hydrogens (primary N) is 1. The van der Waals surface area contributed by atoms with Crippen molar-refractivity contribution in [2.45, 2.75) is 0 Å². The minimum absolute atomic E-state index is 0.448. The lowest BCUT2D eigenvalue weighted by Gasteiger charge is -2.12. The van der Waals surface area contributed by atoms with Crippen molar-refractivity contribution in [2.24, 2.45) is 5.73 Å². The van der Waals surface area contributed by atoms with Crippen LogP contribution in [-0.4, -0.2) is 13.1 Å². The first-order valence-corrected chi connectivity index (χ1v) is 3.30. The summed E-state index contributed by atoms with van der Waals surface area (Å²) >= 11 is 0. The van der Waals surface area contributed by atoms with Gasteiger partial charge in [0.2, 0.25) is 0 Å². The van der Waals surface area contributed by atoms with E-state index in [1.807, 2.05) is 30.3 Å². The van der Waals surface area contributed by atoms with Crippen LogP contribution >= 0.6 is 0 Å². The molecule has 0 fully saturated rings. The van der Waals surface area contributed by atoms with E-state index in [1.54, 1.807) is 7.05 Å². The summed E-state index contributed by atoms with van der Waals surface area (Å²) in [6, 6.07) is 8.80. The number of benzene rings is 1. The zero-order chi connectivity index (χ0) is 8.27. The summed E-state index contributed by atoms with van der Waals surface area (Å²) in [6.45, 7) is 0. The summed E-state index contributed by atoms with van der Waals surface area (Å²) in [4.78, 5) is 12.0.